The van der Waals surface area contributed by atoms with Crippen molar-refractivity contribution in [3.63, 3.8) is 0 Å². The summed E-state index contributed by atoms with van der Waals surface area (Å²) in [6.45, 7) is 6.70. The van der Waals surface area contributed by atoms with Gasteiger partial charge < -0.3 is 14.6 Å². The van der Waals surface area contributed by atoms with Crippen LogP contribution in [0.5, 0.6) is 0 Å². The molecule has 1 N–H and O–H groups in total. The van der Waals surface area contributed by atoms with Crippen LogP contribution in [-0.2, 0) is 19.1 Å². The average Bonchev–Trinajstić information content (AvgIpc) is 3.07. The quantitative estimate of drug-likeness (QED) is 0.0517. The molecule has 0 aliphatic rings. The van der Waals surface area contributed by atoms with E-state index in [1.165, 1.54) is 180 Å². The molecule has 286 valence electrons. The number of unbranched alkanes of at least 4 members (excludes halogenated alkanes) is 29. The topological polar surface area (TPSA) is 72.8 Å². The molecule has 0 amide bonds. The molecule has 0 aromatic carbocycles. The van der Waals surface area contributed by atoms with Crippen LogP contribution in [0.4, 0.5) is 0 Å². The molecule has 0 radical (unpaired) electrons. The summed E-state index contributed by atoms with van der Waals surface area (Å²) < 4.78 is 10.4. The Morgan fingerprint density at radius 1 is 0.417 bits per heavy atom. The molecule has 0 saturated heterocycles. The maximum absolute atomic E-state index is 12.0. The first-order chi connectivity index (χ1) is 23.5. The van der Waals surface area contributed by atoms with Gasteiger partial charge in [-0.2, -0.15) is 0 Å². The van der Waals surface area contributed by atoms with Crippen LogP contribution in [-0.4, -0.2) is 36.4 Å². The van der Waals surface area contributed by atoms with Gasteiger partial charge in [0.1, 0.15) is 19.3 Å². The van der Waals surface area contributed by atoms with E-state index in [0.717, 1.165) is 31.6 Å². The van der Waals surface area contributed by atoms with E-state index in [1.54, 1.807) is 0 Å². The first-order valence-corrected chi connectivity index (χ1v) is 21.4. The molecule has 0 unspecified atom stereocenters. The van der Waals surface area contributed by atoms with Crippen molar-refractivity contribution >= 4 is 11.9 Å². The van der Waals surface area contributed by atoms with Crippen molar-refractivity contribution < 1.29 is 24.2 Å². The van der Waals surface area contributed by atoms with Crippen molar-refractivity contribution in [1.82, 2.24) is 0 Å². The van der Waals surface area contributed by atoms with Crippen LogP contribution in [0.3, 0.4) is 0 Å². The predicted molar refractivity (Wildman–Crippen MR) is 205 cm³/mol. The molecule has 0 aliphatic heterocycles. The highest BCUT2D eigenvalue weighted by Crippen LogP contribution is 2.16. The molecule has 0 spiro atoms. The Balaban J connectivity index is 3.35. The van der Waals surface area contributed by atoms with Gasteiger partial charge in [0.2, 0.25) is 0 Å². The van der Waals surface area contributed by atoms with Gasteiger partial charge >= 0.3 is 11.9 Å². The van der Waals surface area contributed by atoms with Crippen LogP contribution in [0.1, 0.15) is 239 Å². The zero-order valence-corrected chi connectivity index (χ0v) is 32.7. The highest BCUT2D eigenvalue weighted by molar-refractivity contribution is 5.69. The normalized spacial score (nSPS) is 12.1. The number of ether oxygens (including phenoxy) is 2. The van der Waals surface area contributed by atoms with E-state index in [-0.39, 0.29) is 25.2 Å². The van der Waals surface area contributed by atoms with Crippen molar-refractivity contribution in [2.75, 3.05) is 13.2 Å². The van der Waals surface area contributed by atoms with Crippen LogP contribution >= 0.6 is 0 Å². The fourth-order valence-electron chi connectivity index (χ4n) is 6.51. The maximum atomic E-state index is 12.0. The van der Waals surface area contributed by atoms with E-state index in [0.29, 0.717) is 12.8 Å². The van der Waals surface area contributed by atoms with Crippen molar-refractivity contribution in [2.45, 2.75) is 245 Å². The summed E-state index contributed by atoms with van der Waals surface area (Å²) in [5.41, 5.74) is 0. The molecule has 0 aromatic rings. The molecule has 0 heterocycles. The monoisotopic (exact) mass is 681 g/mol. The number of aliphatic hydroxyl groups is 1. The highest BCUT2D eigenvalue weighted by Gasteiger charge is 2.12. The number of esters is 2. The van der Waals surface area contributed by atoms with Gasteiger partial charge in [-0.05, 0) is 18.8 Å². The van der Waals surface area contributed by atoms with Gasteiger partial charge in [0.05, 0.1) is 0 Å². The van der Waals surface area contributed by atoms with Crippen LogP contribution < -0.4 is 0 Å². The number of aliphatic hydroxyl groups excluding tert-OH is 1. The lowest BCUT2D eigenvalue weighted by Crippen LogP contribution is -2.25. The fraction of sp³-hybridized carbons (Fsp3) is 0.953. The fourth-order valence-corrected chi connectivity index (χ4v) is 6.51. The number of hydrogen-bond acceptors (Lipinski definition) is 5. The van der Waals surface area contributed by atoms with E-state index >= 15 is 0 Å². The summed E-state index contributed by atoms with van der Waals surface area (Å²) in [4.78, 5) is 24.0. The van der Waals surface area contributed by atoms with Gasteiger partial charge in [0, 0.05) is 12.8 Å². The molecule has 0 fully saturated rings. The molecule has 5 heteroatoms. The van der Waals surface area contributed by atoms with Crippen molar-refractivity contribution in [3.05, 3.63) is 0 Å². The van der Waals surface area contributed by atoms with Gasteiger partial charge in [0.25, 0.3) is 0 Å². The number of carbonyl (C=O) groups is 2. The molecule has 48 heavy (non-hydrogen) atoms. The maximum Gasteiger partial charge on any atom is 0.305 e. The molecule has 5 nitrogen and oxygen atoms in total. The Hall–Kier alpha value is -1.10. The van der Waals surface area contributed by atoms with Crippen LogP contribution in [0.25, 0.3) is 0 Å². The standard InChI is InChI=1S/C43H84O5/c1-4-5-6-7-8-9-10-17-21-24-27-30-33-36-42(45)47-38-41(44)39-48-43(46)37-34-31-28-25-22-19-16-14-12-11-13-15-18-20-23-26-29-32-35-40(2)3/h40-41,44H,4-39H2,1-3H3/t41-/m1/s1. The molecular formula is C43H84O5. The molecule has 0 saturated carbocycles. The first kappa shape index (κ1) is 46.9. The second kappa shape index (κ2) is 38.7. The lowest BCUT2D eigenvalue weighted by molar-refractivity contribution is -0.152. The summed E-state index contributed by atoms with van der Waals surface area (Å²) in [5, 5.41) is 10.0. The van der Waals surface area contributed by atoms with Crippen molar-refractivity contribution in [3.8, 4) is 0 Å². The minimum Gasteiger partial charge on any atom is -0.463 e. The summed E-state index contributed by atoms with van der Waals surface area (Å²) in [6, 6.07) is 0. The first-order valence-electron chi connectivity index (χ1n) is 21.4. The zero-order valence-electron chi connectivity index (χ0n) is 32.7. The van der Waals surface area contributed by atoms with Gasteiger partial charge in [0.15, 0.2) is 0 Å². The number of rotatable bonds is 39. The molecule has 0 rings (SSSR count). The highest BCUT2D eigenvalue weighted by atomic mass is 16.6. The minimum atomic E-state index is -0.955. The van der Waals surface area contributed by atoms with Crippen LogP contribution in [0, 0.1) is 5.92 Å². The second-order valence-electron chi connectivity index (χ2n) is 15.3. The zero-order chi connectivity index (χ0) is 35.2. The molecule has 0 aliphatic carbocycles. The van der Waals surface area contributed by atoms with Crippen molar-refractivity contribution in [2.24, 2.45) is 5.92 Å². The summed E-state index contributed by atoms with van der Waals surface area (Å²) in [5.74, 6) is 0.316. The number of hydrogen-bond donors (Lipinski definition) is 1. The SMILES string of the molecule is CCCCCCCCCCCCCCCC(=O)OC[C@@H](O)COC(=O)CCCCCCCCCCCCCCCCCCCCC(C)C. The smallest absolute Gasteiger partial charge is 0.305 e. The van der Waals surface area contributed by atoms with Crippen molar-refractivity contribution in [1.29, 1.82) is 0 Å². The Morgan fingerprint density at radius 3 is 0.938 bits per heavy atom. The second-order valence-corrected chi connectivity index (χ2v) is 15.3. The van der Waals surface area contributed by atoms with E-state index in [2.05, 4.69) is 20.8 Å². The van der Waals surface area contributed by atoms with Crippen LogP contribution in [0.15, 0.2) is 0 Å². The molecule has 1 atom stereocenters. The van der Waals surface area contributed by atoms with Gasteiger partial charge in [-0.15, -0.1) is 0 Å². The largest absolute Gasteiger partial charge is 0.463 e. The van der Waals surface area contributed by atoms with Crippen LogP contribution in [0.2, 0.25) is 0 Å². The van der Waals surface area contributed by atoms with E-state index in [4.69, 9.17) is 9.47 Å². The Morgan fingerprint density at radius 2 is 0.667 bits per heavy atom. The third-order valence-corrected chi connectivity index (χ3v) is 9.77. The van der Waals surface area contributed by atoms with Gasteiger partial charge in [-0.3, -0.25) is 9.59 Å². The Bertz CT molecular complexity index is 664. The summed E-state index contributed by atoms with van der Waals surface area (Å²) in [7, 11) is 0. The van der Waals surface area contributed by atoms with E-state index in [9.17, 15) is 14.7 Å². The summed E-state index contributed by atoms with van der Waals surface area (Å²) >= 11 is 0. The number of carbonyl (C=O) groups excluding carboxylic acids is 2. The average molecular weight is 681 g/mol. The minimum absolute atomic E-state index is 0.108. The third kappa shape index (κ3) is 39.3. The predicted octanol–water partition coefficient (Wildman–Crippen LogP) is 13.4. The van der Waals surface area contributed by atoms with E-state index in [1.807, 2.05) is 0 Å². The Kier molecular flexibility index (Phi) is 37.8. The Labute approximate surface area is 299 Å². The summed E-state index contributed by atoms with van der Waals surface area (Å²) in [6.07, 6.45) is 41.7. The van der Waals surface area contributed by atoms with Gasteiger partial charge in [-0.25, -0.2) is 0 Å². The van der Waals surface area contributed by atoms with E-state index < -0.39 is 6.10 Å². The molecule has 0 aromatic heterocycles. The van der Waals surface area contributed by atoms with Gasteiger partial charge in [-0.1, -0.05) is 213 Å². The molecular weight excluding hydrogens is 596 g/mol. The molecule has 0 bridgehead atoms. The lowest BCUT2D eigenvalue weighted by Gasteiger charge is -2.12. The lowest BCUT2D eigenvalue weighted by atomic mass is 10.0. The third-order valence-electron chi connectivity index (χ3n) is 9.77.